The summed E-state index contributed by atoms with van der Waals surface area (Å²) in [5.74, 6) is 0. The molecule has 4 heteroatoms. The molecular weight excluding hydrogens is 181 g/mol. The molecule has 0 amide bonds. The first kappa shape index (κ1) is 12.8. The van der Waals surface area contributed by atoms with Gasteiger partial charge in [0.15, 0.2) is 0 Å². The van der Waals surface area contributed by atoms with Gasteiger partial charge < -0.3 is 5.11 Å². The monoisotopic (exact) mass is 198 g/mol. The molecule has 0 radical (unpaired) electrons. The van der Waals surface area contributed by atoms with Gasteiger partial charge in [0, 0.05) is 6.61 Å². The van der Waals surface area contributed by atoms with Gasteiger partial charge in [-0.15, -0.1) is 0 Å². The molecule has 0 aliphatic heterocycles. The average molecular weight is 198 g/mol. The minimum atomic E-state index is -4.10. The summed E-state index contributed by atoms with van der Waals surface area (Å²) in [6.07, 6.45) is -2.60. The normalized spacial score (nSPS) is 18.9. The zero-order valence-corrected chi connectivity index (χ0v) is 8.12. The van der Waals surface area contributed by atoms with Gasteiger partial charge in [-0.3, -0.25) is 0 Å². The van der Waals surface area contributed by atoms with Crippen molar-refractivity contribution in [1.82, 2.24) is 0 Å². The lowest BCUT2D eigenvalue weighted by Crippen LogP contribution is -2.25. The van der Waals surface area contributed by atoms with E-state index in [1.165, 1.54) is 6.42 Å². The van der Waals surface area contributed by atoms with Crippen molar-refractivity contribution in [3.05, 3.63) is 0 Å². The fourth-order valence-electron chi connectivity index (χ4n) is 1.04. The Labute approximate surface area is 76.9 Å². The summed E-state index contributed by atoms with van der Waals surface area (Å²) in [4.78, 5) is 0. The predicted molar refractivity (Wildman–Crippen MR) is 45.4 cm³/mol. The highest BCUT2D eigenvalue weighted by Crippen LogP contribution is 2.59. The third kappa shape index (κ3) is 3.55. The van der Waals surface area contributed by atoms with Crippen molar-refractivity contribution in [3.8, 4) is 0 Å². The van der Waals surface area contributed by atoms with Crippen LogP contribution < -0.4 is 0 Å². The van der Waals surface area contributed by atoms with Gasteiger partial charge >= 0.3 is 6.18 Å². The molecule has 1 aliphatic rings. The number of aliphatic hydroxyl groups is 1. The van der Waals surface area contributed by atoms with Gasteiger partial charge in [-0.05, 0) is 19.3 Å². The fraction of sp³-hybridized carbons (Fsp3) is 1.00. The van der Waals surface area contributed by atoms with Crippen LogP contribution in [0.3, 0.4) is 0 Å². The van der Waals surface area contributed by atoms with E-state index in [-0.39, 0.29) is 25.9 Å². The molecule has 0 unspecified atom stereocenters. The Hall–Kier alpha value is -0.250. The lowest BCUT2D eigenvalue weighted by molar-refractivity contribution is -0.190. The van der Waals surface area contributed by atoms with Gasteiger partial charge in [0.25, 0.3) is 0 Å². The standard InChI is InChI=1S/C6H9F3O.C3H8/c7-6(8,9)5(1-2-5)3-4-10;1-3-2/h10H,1-4H2;3H2,1-2H3. The highest BCUT2D eigenvalue weighted by atomic mass is 19.4. The Bertz CT molecular complexity index is 138. The second kappa shape index (κ2) is 4.84. The Balaban J connectivity index is 0.000000424. The van der Waals surface area contributed by atoms with Crippen molar-refractivity contribution in [1.29, 1.82) is 0 Å². The van der Waals surface area contributed by atoms with Crippen molar-refractivity contribution in [3.63, 3.8) is 0 Å². The number of halogens is 3. The Morgan fingerprint density at radius 3 is 1.69 bits per heavy atom. The SMILES string of the molecule is CCC.OCCC1(C(F)(F)F)CC1. The maximum atomic E-state index is 12.0. The average Bonchev–Trinajstić information content (AvgIpc) is 2.69. The van der Waals surface area contributed by atoms with Crippen LogP contribution in [0.15, 0.2) is 0 Å². The highest BCUT2D eigenvalue weighted by molar-refractivity contribution is 4.98. The van der Waals surface area contributed by atoms with E-state index in [2.05, 4.69) is 13.8 Å². The molecule has 0 bridgehead atoms. The smallest absolute Gasteiger partial charge is 0.394 e. The van der Waals surface area contributed by atoms with Gasteiger partial charge in [-0.1, -0.05) is 20.3 Å². The molecule has 0 saturated heterocycles. The van der Waals surface area contributed by atoms with Crippen LogP contribution in [-0.4, -0.2) is 17.9 Å². The molecule has 1 aliphatic carbocycles. The van der Waals surface area contributed by atoms with Crippen molar-refractivity contribution in [2.24, 2.45) is 5.41 Å². The Morgan fingerprint density at radius 1 is 1.23 bits per heavy atom. The van der Waals surface area contributed by atoms with Crippen molar-refractivity contribution in [2.75, 3.05) is 6.61 Å². The van der Waals surface area contributed by atoms with Crippen LogP contribution in [0.25, 0.3) is 0 Å². The Morgan fingerprint density at radius 2 is 1.62 bits per heavy atom. The quantitative estimate of drug-likeness (QED) is 0.722. The summed E-state index contributed by atoms with van der Waals surface area (Å²) in [6.45, 7) is 3.89. The molecular formula is C9H17F3O. The lowest BCUT2D eigenvalue weighted by Gasteiger charge is -2.16. The molecule has 0 spiro atoms. The van der Waals surface area contributed by atoms with E-state index in [0.29, 0.717) is 0 Å². The van der Waals surface area contributed by atoms with Gasteiger partial charge in [0.2, 0.25) is 0 Å². The van der Waals surface area contributed by atoms with E-state index >= 15 is 0 Å². The number of rotatable bonds is 2. The first-order valence-corrected chi connectivity index (χ1v) is 4.61. The van der Waals surface area contributed by atoms with Crippen LogP contribution >= 0.6 is 0 Å². The lowest BCUT2D eigenvalue weighted by atomic mass is 10.0. The molecule has 1 saturated carbocycles. The molecule has 0 aromatic heterocycles. The number of hydrogen-bond donors (Lipinski definition) is 1. The van der Waals surface area contributed by atoms with Crippen molar-refractivity contribution >= 4 is 0 Å². The maximum Gasteiger partial charge on any atom is 0.394 e. The fourth-order valence-corrected chi connectivity index (χ4v) is 1.04. The molecule has 1 fully saturated rings. The second-order valence-electron chi connectivity index (χ2n) is 3.46. The van der Waals surface area contributed by atoms with Crippen LogP contribution in [0, 0.1) is 5.41 Å². The zero-order valence-electron chi connectivity index (χ0n) is 8.12. The van der Waals surface area contributed by atoms with Gasteiger partial charge in [-0.25, -0.2) is 0 Å². The summed E-state index contributed by atoms with van der Waals surface area (Å²) in [6, 6.07) is 0. The molecule has 0 heterocycles. The minimum Gasteiger partial charge on any atom is -0.396 e. The van der Waals surface area contributed by atoms with Gasteiger partial charge in [-0.2, -0.15) is 13.2 Å². The van der Waals surface area contributed by atoms with Crippen LogP contribution in [-0.2, 0) is 0 Å². The summed E-state index contributed by atoms with van der Waals surface area (Å²) in [5.41, 5.74) is -1.51. The van der Waals surface area contributed by atoms with E-state index in [4.69, 9.17) is 5.11 Å². The largest absolute Gasteiger partial charge is 0.396 e. The Kier molecular flexibility index (Phi) is 4.75. The molecule has 0 aromatic carbocycles. The number of aliphatic hydroxyl groups excluding tert-OH is 1. The molecule has 0 aromatic rings. The van der Waals surface area contributed by atoms with E-state index in [1.807, 2.05) is 0 Å². The molecule has 1 N–H and O–H groups in total. The van der Waals surface area contributed by atoms with E-state index < -0.39 is 11.6 Å². The minimum absolute atomic E-state index is 0.128. The highest BCUT2D eigenvalue weighted by Gasteiger charge is 2.62. The van der Waals surface area contributed by atoms with Gasteiger partial charge in [0.05, 0.1) is 5.41 Å². The first-order valence-electron chi connectivity index (χ1n) is 4.61. The molecule has 0 atom stereocenters. The number of alkyl halides is 3. The summed E-state index contributed by atoms with van der Waals surface area (Å²) < 4.78 is 35.9. The van der Waals surface area contributed by atoms with Gasteiger partial charge in [0.1, 0.15) is 0 Å². The van der Waals surface area contributed by atoms with Crippen LogP contribution in [0.4, 0.5) is 13.2 Å². The maximum absolute atomic E-state index is 12.0. The van der Waals surface area contributed by atoms with E-state index in [0.717, 1.165) is 0 Å². The van der Waals surface area contributed by atoms with Crippen molar-refractivity contribution < 1.29 is 18.3 Å². The number of hydrogen-bond acceptors (Lipinski definition) is 1. The molecule has 1 nitrogen and oxygen atoms in total. The third-order valence-corrected chi connectivity index (χ3v) is 2.05. The summed E-state index contributed by atoms with van der Waals surface area (Å²) in [5, 5.41) is 8.31. The summed E-state index contributed by atoms with van der Waals surface area (Å²) >= 11 is 0. The predicted octanol–water partition coefficient (Wildman–Crippen LogP) is 3.13. The topological polar surface area (TPSA) is 20.2 Å². The first-order chi connectivity index (χ1) is 5.93. The zero-order chi connectivity index (χ0) is 10.5. The van der Waals surface area contributed by atoms with Crippen LogP contribution in [0.2, 0.25) is 0 Å². The molecule has 13 heavy (non-hydrogen) atoms. The summed E-state index contributed by atoms with van der Waals surface area (Å²) in [7, 11) is 0. The molecule has 1 rings (SSSR count). The second-order valence-corrected chi connectivity index (χ2v) is 3.46. The van der Waals surface area contributed by atoms with E-state index in [9.17, 15) is 13.2 Å². The van der Waals surface area contributed by atoms with Crippen molar-refractivity contribution in [2.45, 2.75) is 45.7 Å². The molecule has 80 valence electrons. The third-order valence-electron chi connectivity index (χ3n) is 2.05. The van der Waals surface area contributed by atoms with E-state index in [1.54, 1.807) is 0 Å². The van der Waals surface area contributed by atoms with Crippen LogP contribution in [0.1, 0.15) is 39.5 Å². The van der Waals surface area contributed by atoms with Crippen LogP contribution in [0.5, 0.6) is 0 Å².